The highest BCUT2D eigenvalue weighted by atomic mass is 16.5. The van der Waals surface area contributed by atoms with E-state index in [1.54, 1.807) is 42.5 Å². The fraction of sp³-hybridized carbons (Fsp3) is 0.241. The Morgan fingerprint density at radius 2 is 1.47 bits per heavy atom. The lowest BCUT2D eigenvalue weighted by Gasteiger charge is -2.26. The van der Waals surface area contributed by atoms with Crippen LogP contribution in [0.3, 0.4) is 0 Å². The van der Waals surface area contributed by atoms with Gasteiger partial charge in [0.15, 0.2) is 0 Å². The van der Waals surface area contributed by atoms with Gasteiger partial charge in [0.05, 0.1) is 37.0 Å². The van der Waals surface area contributed by atoms with Crippen LogP contribution in [0.15, 0.2) is 78.4 Å². The Hall–Kier alpha value is -4.26. The van der Waals surface area contributed by atoms with Gasteiger partial charge >= 0.3 is 0 Å². The van der Waals surface area contributed by atoms with Gasteiger partial charge in [-0.1, -0.05) is 36.4 Å². The van der Waals surface area contributed by atoms with Crippen molar-refractivity contribution in [2.75, 3.05) is 24.7 Å². The molecule has 7 heteroatoms. The molecule has 3 aromatic rings. The summed E-state index contributed by atoms with van der Waals surface area (Å²) in [6.07, 6.45) is 0. The van der Waals surface area contributed by atoms with Crippen molar-refractivity contribution in [3.05, 3.63) is 89.5 Å². The Balaban J connectivity index is 1.91. The molecular weight excluding hydrogens is 458 g/mol. The van der Waals surface area contributed by atoms with E-state index in [1.165, 1.54) is 4.90 Å². The molecule has 0 bridgehead atoms. The molecule has 0 aromatic heterocycles. The van der Waals surface area contributed by atoms with E-state index in [-0.39, 0.29) is 11.3 Å². The summed E-state index contributed by atoms with van der Waals surface area (Å²) in [7, 11) is 0. The third kappa shape index (κ3) is 4.77. The molecule has 3 aromatic carbocycles. The predicted octanol–water partition coefficient (Wildman–Crippen LogP) is 5.51. The number of Topliss-reactive ketones (excluding diaryl/α,β-unsaturated/α-hetero) is 1. The lowest BCUT2D eigenvalue weighted by atomic mass is 9.95. The maximum atomic E-state index is 13.4. The highest BCUT2D eigenvalue weighted by molar-refractivity contribution is 6.51. The lowest BCUT2D eigenvalue weighted by Crippen LogP contribution is -2.29. The van der Waals surface area contributed by atoms with Crippen molar-refractivity contribution in [3.63, 3.8) is 0 Å². The van der Waals surface area contributed by atoms with Crippen LogP contribution in [0.5, 0.6) is 17.2 Å². The Morgan fingerprint density at radius 3 is 2.14 bits per heavy atom. The summed E-state index contributed by atoms with van der Waals surface area (Å²) in [6, 6.07) is 20.3. The van der Waals surface area contributed by atoms with Crippen LogP contribution in [-0.2, 0) is 9.59 Å². The Morgan fingerprint density at radius 1 is 0.806 bits per heavy atom. The maximum absolute atomic E-state index is 13.4. The smallest absolute Gasteiger partial charge is 0.300 e. The molecule has 36 heavy (non-hydrogen) atoms. The van der Waals surface area contributed by atoms with E-state index in [1.807, 2.05) is 51.1 Å². The van der Waals surface area contributed by atoms with Gasteiger partial charge in [-0.05, 0) is 50.6 Å². The average molecular weight is 488 g/mol. The molecule has 7 nitrogen and oxygen atoms in total. The highest BCUT2D eigenvalue weighted by Gasteiger charge is 2.47. The second-order valence-corrected chi connectivity index (χ2v) is 8.03. The van der Waals surface area contributed by atoms with E-state index >= 15 is 0 Å². The van der Waals surface area contributed by atoms with Gasteiger partial charge in [0.25, 0.3) is 11.7 Å². The SMILES string of the molecule is CCOc1cccc(N2C(=O)C(=O)/C(=C(\O)c3ccc(OCC)cc3OCC)C2c2ccccc2)c1. The third-order valence-corrected chi connectivity index (χ3v) is 5.79. The van der Waals surface area contributed by atoms with Crippen LogP contribution in [0.2, 0.25) is 0 Å². The number of carbonyl (C=O) groups is 2. The lowest BCUT2D eigenvalue weighted by molar-refractivity contribution is -0.132. The molecule has 0 spiro atoms. The number of nitrogens with zero attached hydrogens (tertiary/aromatic N) is 1. The van der Waals surface area contributed by atoms with Crippen molar-refractivity contribution >= 4 is 23.1 Å². The molecule has 1 amide bonds. The van der Waals surface area contributed by atoms with Crippen LogP contribution in [-0.4, -0.2) is 36.6 Å². The Labute approximate surface area is 210 Å². The minimum atomic E-state index is -0.843. The molecule has 186 valence electrons. The zero-order valence-corrected chi connectivity index (χ0v) is 20.6. The number of rotatable bonds is 9. The zero-order valence-electron chi connectivity index (χ0n) is 20.6. The van der Waals surface area contributed by atoms with Crippen LogP contribution < -0.4 is 19.1 Å². The molecule has 1 aliphatic rings. The number of aliphatic hydroxyl groups is 1. The summed E-state index contributed by atoms with van der Waals surface area (Å²) >= 11 is 0. The number of benzene rings is 3. The van der Waals surface area contributed by atoms with E-state index in [0.29, 0.717) is 53.9 Å². The summed E-state index contributed by atoms with van der Waals surface area (Å²) in [5, 5.41) is 11.5. The third-order valence-electron chi connectivity index (χ3n) is 5.79. The maximum Gasteiger partial charge on any atom is 0.300 e. The van der Waals surface area contributed by atoms with Gasteiger partial charge in [0.2, 0.25) is 0 Å². The second kappa shape index (κ2) is 11.0. The van der Waals surface area contributed by atoms with Crippen molar-refractivity contribution in [2.24, 2.45) is 0 Å². The summed E-state index contributed by atoms with van der Waals surface area (Å²) in [5.41, 5.74) is 1.47. The highest BCUT2D eigenvalue weighted by Crippen LogP contribution is 2.44. The van der Waals surface area contributed by atoms with Gasteiger partial charge < -0.3 is 19.3 Å². The summed E-state index contributed by atoms with van der Waals surface area (Å²) in [5.74, 6) is -0.309. The first-order valence-electron chi connectivity index (χ1n) is 12.0. The number of anilines is 1. The first-order valence-corrected chi connectivity index (χ1v) is 12.0. The minimum Gasteiger partial charge on any atom is -0.507 e. The van der Waals surface area contributed by atoms with E-state index in [9.17, 15) is 14.7 Å². The summed E-state index contributed by atoms with van der Waals surface area (Å²) in [4.78, 5) is 28.2. The van der Waals surface area contributed by atoms with E-state index in [0.717, 1.165) is 0 Å². The number of hydrogen-bond donors (Lipinski definition) is 1. The van der Waals surface area contributed by atoms with Crippen molar-refractivity contribution in [1.29, 1.82) is 0 Å². The fourth-order valence-corrected chi connectivity index (χ4v) is 4.31. The summed E-state index contributed by atoms with van der Waals surface area (Å²) in [6.45, 7) is 6.84. The van der Waals surface area contributed by atoms with Crippen molar-refractivity contribution in [3.8, 4) is 17.2 Å². The number of aliphatic hydroxyl groups excluding tert-OH is 1. The van der Waals surface area contributed by atoms with Crippen LogP contribution in [0, 0.1) is 0 Å². The van der Waals surface area contributed by atoms with E-state index in [2.05, 4.69) is 0 Å². The molecule has 0 aliphatic carbocycles. The van der Waals surface area contributed by atoms with Gasteiger partial charge in [-0.2, -0.15) is 0 Å². The number of hydrogen-bond acceptors (Lipinski definition) is 6. The number of carbonyl (C=O) groups excluding carboxylic acids is 2. The van der Waals surface area contributed by atoms with Gasteiger partial charge in [-0.15, -0.1) is 0 Å². The van der Waals surface area contributed by atoms with Crippen molar-refractivity contribution in [2.45, 2.75) is 26.8 Å². The average Bonchev–Trinajstić information content (AvgIpc) is 3.15. The van der Waals surface area contributed by atoms with Crippen LogP contribution >= 0.6 is 0 Å². The monoisotopic (exact) mass is 487 g/mol. The fourth-order valence-electron chi connectivity index (χ4n) is 4.31. The molecule has 0 saturated carbocycles. The molecule has 4 rings (SSSR count). The van der Waals surface area contributed by atoms with Crippen LogP contribution in [0.1, 0.15) is 37.9 Å². The topological polar surface area (TPSA) is 85.3 Å². The molecule has 1 atom stereocenters. The number of ether oxygens (including phenoxy) is 3. The molecule has 1 aliphatic heterocycles. The normalized spacial score (nSPS) is 16.8. The van der Waals surface area contributed by atoms with Crippen molar-refractivity contribution in [1.82, 2.24) is 0 Å². The van der Waals surface area contributed by atoms with Gasteiger partial charge in [0.1, 0.15) is 23.0 Å². The largest absolute Gasteiger partial charge is 0.507 e. The second-order valence-electron chi connectivity index (χ2n) is 8.03. The quantitative estimate of drug-likeness (QED) is 0.243. The molecule has 1 unspecified atom stereocenters. The molecular formula is C29H29NO6. The standard InChI is InChI=1S/C29H29NO6/c1-4-34-21-14-10-13-20(17-21)30-26(19-11-8-7-9-12-19)25(28(32)29(30)33)27(31)23-16-15-22(35-5-2)18-24(23)36-6-3/h7-18,26,31H,4-6H2,1-3H3/b27-25-. The Bertz CT molecular complexity index is 1280. The predicted molar refractivity (Wildman–Crippen MR) is 138 cm³/mol. The van der Waals surface area contributed by atoms with Gasteiger partial charge in [-0.3, -0.25) is 14.5 Å². The molecule has 1 saturated heterocycles. The number of amides is 1. The van der Waals surface area contributed by atoms with E-state index < -0.39 is 17.7 Å². The van der Waals surface area contributed by atoms with Crippen LogP contribution in [0.25, 0.3) is 5.76 Å². The summed E-state index contributed by atoms with van der Waals surface area (Å²) < 4.78 is 16.9. The molecule has 0 radical (unpaired) electrons. The minimum absolute atomic E-state index is 0.0156. The first-order chi connectivity index (χ1) is 17.5. The van der Waals surface area contributed by atoms with Crippen molar-refractivity contribution < 1.29 is 28.9 Å². The van der Waals surface area contributed by atoms with Gasteiger partial charge in [-0.25, -0.2) is 0 Å². The molecule has 1 fully saturated rings. The van der Waals surface area contributed by atoms with Gasteiger partial charge in [0, 0.05) is 17.8 Å². The Kier molecular flexibility index (Phi) is 7.59. The number of ketones is 1. The van der Waals surface area contributed by atoms with Crippen LogP contribution in [0.4, 0.5) is 5.69 Å². The van der Waals surface area contributed by atoms with E-state index in [4.69, 9.17) is 14.2 Å². The molecule has 1 heterocycles. The molecule has 1 N–H and O–H groups in total. The zero-order chi connectivity index (χ0) is 25.7. The first kappa shape index (κ1) is 24.9.